The Hall–Kier alpha value is -2.42. The lowest BCUT2D eigenvalue weighted by Crippen LogP contribution is -2.12. The number of benzene rings is 2. The molecule has 0 saturated carbocycles. The number of hydrogen-bond acceptors (Lipinski definition) is 5. The van der Waals surface area contributed by atoms with E-state index >= 15 is 0 Å². The van der Waals surface area contributed by atoms with Crippen LogP contribution in [0.15, 0.2) is 53.4 Å². The van der Waals surface area contributed by atoms with E-state index in [1.807, 2.05) is 0 Å². The van der Waals surface area contributed by atoms with Crippen molar-refractivity contribution in [1.82, 2.24) is 0 Å². The van der Waals surface area contributed by atoms with Crippen LogP contribution in [0.1, 0.15) is 5.56 Å². The predicted octanol–water partition coefficient (Wildman–Crippen LogP) is 2.76. The molecule has 0 spiro atoms. The molecule has 138 valence electrons. The normalized spacial score (nSPS) is 11.5. The van der Waals surface area contributed by atoms with E-state index in [0.717, 1.165) is 0 Å². The lowest BCUT2D eigenvalue weighted by molar-refractivity contribution is -0.138. The smallest absolute Gasteiger partial charge is 0.330 e. The molecular weight excluding hydrogens is 385 g/mol. The molecule has 6 nitrogen and oxygen atoms in total. The van der Waals surface area contributed by atoms with Crippen LogP contribution in [0, 0.1) is 5.82 Å². The van der Waals surface area contributed by atoms with Gasteiger partial charge in [-0.2, -0.15) is 0 Å². The van der Waals surface area contributed by atoms with Crippen molar-refractivity contribution >= 4 is 33.7 Å². The van der Waals surface area contributed by atoms with Gasteiger partial charge >= 0.3 is 5.97 Å². The van der Waals surface area contributed by atoms with E-state index in [0.29, 0.717) is 11.3 Å². The molecule has 0 aliphatic carbocycles. The highest BCUT2D eigenvalue weighted by Gasteiger charge is 2.07. The second kappa shape index (κ2) is 8.79. The van der Waals surface area contributed by atoms with Gasteiger partial charge in [0.25, 0.3) is 0 Å². The van der Waals surface area contributed by atoms with Crippen molar-refractivity contribution in [2.45, 2.75) is 4.90 Å². The zero-order valence-corrected chi connectivity index (χ0v) is 15.0. The van der Waals surface area contributed by atoms with Crippen molar-refractivity contribution in [3.63, 3.8) is 0 Å². The van der Waals surface area contributed by atoms with E-state index in [1.165, 1.54) is 54.6 Å². The van der Waals surface area contributed by atoms with Gasteiger partial charge in [0.15, 0.2) is 0 Å². The second-order valence-electron chi connectivity index (χ2n) is 5.04. The van der Waals surface area contributed by atoms with Crippen molar-refractivity contribution in [2.24, 2.45) is 5.14 Å². The summed E-state index contributed by atoms with van der Waals surface area (Å²) in [7, 11) is -3.75. The SMILES string of the molecule is NS(=O)(=O)c1ccc(OCCOC(=O)/C=C/c2ccc(F)c(Cl)c2)cc1. The first kappa shape index (κ1) is 19.9. The fraction of sp³-hybridized carbons (Fsp3) is 0.118. The molecule has 0 aliphatic rings. The summed E-state index contributed by atoms with van der Waals surface area (Å²) in [6.07, 6.45) is 2.63. The van der Waals surface area contributed by atoms with Crippen LogP contribution in [0.4, 0.5) is 4.39 Å². The standard InChI is InChI=1S/C17H15ClFNO5S/c18-15-11-12(1-7-16(15)19)2-8-17(21)25-10-9-24-13-3-5-14(6-4-13)26(20,22)23/h1-8,11H,9-10H2,(H2,20,22,23)/b8-2+. The van der Waals surface area contributed by atoms with Crippen LogP contribution >= 0.6 is 11.6 Å². The first-order valence-electron chi connectivity index (χ1n) is 7.31. The van der Waals surface area contributed by atoms with E-state index in [4.69, 9.17) is 26.2 Å². The molecule has 0 aromatic heterocycles. The van der Waals surface area contributed by atoms with Gasteiger partial charge in [-0.3, -0.25) is 0 Å². The zero-order chi connectivity index (χ0) is 19.2. The number of esters is 1. The van der Waals surface area contributed by atoms with Gasteiger partial charge in [0.2, 0.25) is 10.0 Å². The summed E-state index contributed by atoms with van der Waals surface area (Å²) in [6, 6.07) is 9.57. The average molecular weight is 400 g/mol. The number of hydrogen-bond donors (Lipinski definition) is 1. The van der Waals surface area contributed by atoms with E-state index in [1.54, 1.807) is 0 Å². The minimum atomic E-state index is -3.75. The van der Waals surface area contributed by atoms with Gasteiger partial charge in [-0.15, -0.1) is 0 Å². The minimum absolute atomic E-state index is 0.00964. The van der Waals surface area contributed by atoms with Crippen molar-refractivity contribution in [3.05, 3.63) is 64.9 Å². The Morgan fingerprint density at radius 2 is 1.85 bits per heavy atom. The Kier molecular flexibility index (Phi) is 6.73. The van der Waals surface area contributed by atoms with Crippen LogP contribution < -0.4 is 9.88 Å². The quantitative estimate of drug-likeness (QED) is 0.438. The number of carbonyl (C=O) groups is 1. The van der Waals surface area contributed by atoms with Gasteiger partial charge in [0, 0.05) is 6.08 Å². The van der Waals surface area contributed by atoms with Crippen LogP contribution in [0.2, 0.25) is 5.02 Å². The summed E-state index contributed by atoms with van der Waals surface area (Å²) in [5.41, 5.74) is 0.555. The summed E-state index contributed by atoms with van der Waals surface area (Å²) < 4.78 is 45.5. The Bertz CT molecular complexity index is 913. The van der Waals surface area contributed by atoms with Gasteiger partial charge < -0.3 is 9.47 Å². The molecule has 0 heterocycles. The molecule has 9 heteroatoms. The molecule has 0 amide bonds. The maximum atomic E-state index is 13.0. The van der Waals surface area contributed by atoms with E-state index < -0.39 is 21.8 Å². The number of carbonyl (C=O) groups excluding carboxylic acids is 1. The Morgan fingerprint density at radius 1 is 1.15 bits per heavy atom. The Balaban J connectivity index is 1.76. The first-order valence-corrected chi connectivity index (χ1v) is 9.24. The van der Waals surface area contributed by atoms with Crippen LogP contribution in [-0.4, -0.2) is 27.6 Å². The van der Waals surface area contributed by atoms with Crippen molar-refractivity contribution in [1.29, 1.82) is 0 Å². The molecule has 0 saturated heterocycles. The fourth-order valence-corrected chi connectivity index (χ4v) is 2.56. The maximum Gasteiger partial charge on any atom is 0.330 e. The van der Waals surface area contributed by atoms with Crippen molar-refractivity contribution in [2.75, 3.05) is 13.2 Å². The topological polar surface area (TPSA) is 95.7 Å². The second-order valence-corrected chi connectivity index (χ2v) is 7.01. The summed E-state index contributed by atoms with van der Waals surface area (Å²) in [6.45, 7) is 0.0704. The Labute approximate surface area is 155 Å². The zero-order valence-electron chi connectivity index (χ0n) is 13.4. The first-order chi connectivity index (χ1) is 12.3. The van der Waals surface area contributed by atoms with Gasteiger partial charge in [0.05, 0.1) is 9.92 Å². The third-order valence-corrected chi connectivity index (χ3v) is 4.32. The number of sulfonamides is 1. The third kappa shape index (κ3) is 6.14. The number of primary sulfonamides is 1. The van der Waals surface area contributed by atoms with E-state index in [2.05, 4.69) is 0 Å². The predicted molar refractivity (Wildman–Crippen MR) is 94.7 cm³/mol. The molecule has 0 fully saturated rings. The molecule has 0 bridgehead atoms. The van der Waals surface area contributed by atoms with Crippen molar-refractivity contribution < 1.29 is 27.1 Å². The van der Waals surface area contributed by atoms with Crippen LogP contribution in [0.3, 0.4) is 0 Å². The molecule has 2 aromatic carbocycles. The summed E-state index contributed by atoms with van der Waals surface area (Å²) in [5, 5.41) is 4.95. The highest BCUT2D eigenvalue weighted by Crippen LogP contribution is 2.17. The van der Waals surface area contributed by atoms with E-state index in [-0.39, 0.29) is 23.1 Å². The van der Waals surface area contributed by atoms with Crippen molar-refractivity contribution in [3.8, 4) is 5.75 Å². The Morgan fingerprint density at radius 3 is 2.46 bits per heavy atom. The third-order valence-electron chi connectivity index (χ3n) is 3.10. The van der Waals surface area contributed by atoms with Crippen LogP contribution in [0.5, 0.6) is 5.75 Å². The lowest BCUT2D eigenvalue weighted by Gasteiger charge is -2.07. The molecule has 26 heavy (non-hydrogen) atoms. The summed E-state index contributed by atoms with van der Waals surface area (Å²) in [5.74, 6) is -0.732. The van der Waals surface area contributed by atoms with E-state index in [9.17, 15) is 17.6 Å². The van der Waals surface area contributed by atoms with Gasteiger partial charge in [-0.1, -0.05) is 17.7 Å². The number of rotatable bonds is 7. The van der Waals surface area contributed by atoms with Gasteiger partial charge in [-0.05, 0) is 48.0 Å². The van der Waals surface area contributed by atoms with Gasteiger partial charge in [-0.25, -0.2) is 22.7 Å². The molecule has 2 rings (SSSR count). The molecule has 0 atom stereocenters. The average Bonchev–Trinajstić information content (AvgIpc) is 2.59. The minimum Gasteiger partial charge on any atom is -0.490 e. The van der Waals surface area contributed by atoms with Crippen LogP contribution in [0.25, 0.3) is 6.08 Å². The number of halogens is 2. The lowest BCUT2D eigenvalue weighted by atomic mass is 10.2. The summed E-state index contributed by atoms with van der Waals surface area (Å²) in [4.78, 5) is 11.6. The largest absolute Gasteiger partial charge is 0.490 e. The molecule has 2 aromatic rings. The molecule has 0 radical (unpaired) electrons. The molecule has 0 unspecified atom stereocenters. The summed E-state index contributed by atoms with van der Waals surface area (Å²) >= 11 is 5.64. The maximum absolute atomic E-state index is 13.0. The number of ether oxygens (including phenoxy) is 2. The number of nitrogens with two attached hydrogens (primary N) is 1. The van der Waals surface area contributed by atoms with Crippen LogP contribution in [-0.2, 0) is 19.6 Å². The fourth-order valence-electron chi connectivity index (χ4n) is 1.86. The van der Waals surface area contributed by atoms with Gasteiger partial charge in [0.1, 0.15) is 24.8 Å². The molecule has 0 aliphatic heterocycles. The highest BCUT2D eigenvalue weighted by molar-refractivity contribution is 7.89. The highest BCUT2D eigenvalue weighted by atomic mass is 35.5. The molecule has 2 N–H and O–H groups in total. The monoisotopic (exact) mass is 399 g/mol. The molecular formula is C17H15ClFNO5S.